The molecule has 3 aromatic rings. The van der Waals surface area contributed by atoms with Crippen LogP contribution in [0, 0.1) is 0 Å². The van der Waals surface area contributed by atoms with Gasteiger partial charge >= 0.3 is 0 Å². The van der Waals surface area contributed by atoms with Crippen LogP contribution in [0.2, 0.25) is 5.02 Å². The van der Waals surface area contributed by atoms with Gasteiger partial charge in [0.25, 0.3) is 11.8 Å². The van der Waals surface area contributed by atoms with Crippen LogP contribution in [0.4, 0.5) is 5.69 Å². The Hall–Kier alpha value is -3.35. The summed E-state index contributed by atoms with van der Waals surface area (Å²) in [6, 6.07) is 18.0. The van der Waals surface area contributed by atoms with E-state index in [0.717, 1.165) is 16.7 Å². The lowest BCUT2D eigenvalue weighted by molar-refractivity contribution is -0.122. The van der Waals surface area contributed by atoms with Crippen LogP contribution in [0.3, 0.4) is 0 Å². The maximum atomic E-state index is 13.0. The van der Waals surface area contributed by atoms with Crippen molar-refractivity contribution in [3.05, 3.63) is 89.2 Å². The van der Waals surface area contributed by atoms with Crippen LogP contribution in [0.25, 0.3) is 17.2 Å². The average Bonchev–Trinajstić information content (AvgIpc) is 2.73. The lowest BCUT2D eigenvalue weighted by atomic mass is 10.0. The number of anilines is 1. The number of pyridine rings is 1. The van der Waals surface area contributed by atoms with Crippen LogP contribution in [0.5, 0.6) is 0 Å². The van der Waals surface area contributed by atoms with Crippen molar-refractivity contribution in [1.82, 2.24) is 10.3 Å². The van der Waals surface area contributed by atoms with Gasteiger partial charge in [0, 0.05) is 17.4 Å². The maximum Gasteiger partial charge on any atom is 0.270 e. The van der Waals surface area contributed by atoms with Crippen molar-refractivity contribution >= 4 is 52.5 Å². The highest BCUT2D eigenvalue weighted by molar-refractivity contribution is 7.80. The minimum Gasteiger partial charge on any atom is -0.298 e. The van der Waals surface area contributed by atoms with E-state index in [0.29, 0.717) is 10.7 Å². The van der Waals surface area contributed by atoms with Gasteiger partial charge in [0.15, 0.2) is 5.11 Å². The Balaban J connectivity index is 1.65. The third-order valence-corrected chi connectivity index (χ3v) is 4.94. The summed E-state index contributed by atoms with van der Waals surface area (Å²) >= 11 is 11.1. The van der Waals surface area contributed by atoms with Gasteiger partial charge in [-0.25, -0.2) is 0 Å². The van der Waals surface area contributed by atoms with E-state index in [1.165, 1.54) is 4.90 Å². The van der Waals surface area contributed by atoms with Crippen LogP contribution in [0.1, 0.15) is 5.56 Å². The predicted molar refractivity (Wildman–Crippen MR) is 117 cm³/mol. The molecule has 1 aliphatic rings. The number of amides is 2. The highest BCUT2D eigenvalue weighted by atomic mass is 35.5. The summed E-state index contributed by atoms with van der Waals surface area (Å²) in [7, 11) is 0. The second kappa shape index (κ2) is 7.95. The Morgan fingerprint density at radius 1 is 0.966 bits per heavy atom. The molecule has 1 saturated heterocycles. The number of halogens is 1. The molecule has 0 radical (unpaired) electrons. The minimum absolute atomic E-state index is 0.00248. The first-order valence-electron chi connectivity index (χ1n) is 8.70. The van der Waals surface area contributed by atoms with Gasteiger partial charge in [-0.1, -0.05) is 41.9 Å². The number of benzene rings is 2. The third-order valence-electron chi connectivity index (χ3n) is 4.40. The van der Waals surface area contributed by atoms with Gasteiger partial charge in [-0.3, -0.25) is 24.8 Å². The van der Waals surface area contributed by atoms with Gasteiger partial charge in [0.2, 0.25) is 0 Å². The van der Waals surface area contributed by atoms with Crippen molar-refractivity contribution in [1.29, 1.82) is 0 Å². The van der Waals surface area contributed by atoms with Crippen molar-refractivity contribution in [2.24, 2.45) is 0 Å². The number of thiocarbonyl (C=S) groups is 1. The zero-order chi connectivity index (χ0) is 20.4. The molecule has 0 spiro atoms. The second-order valence-electron chi connectivity index (χ2n) is 6.30. The highest BCUT2D eigenvalue weighted by Gasteiger charge is 2.34. The normalized spacial score (nSPS) is 15.6. The largest absolute Gasteiger partial charge is 0.298 e. The lowest BCUT2D eigenvalue weighted by Crippen LogP contribution is -2.54. The smallest absolute Gasteiger partial charge is 0.270 e. The topological polar surface area (TPSA) is 62.3 Å². The quantitative estimate of drug-likeness (QED) is 0.392. The Kier molecular flexibility index (Phi) is 5.20. The summed E-state index contributed by atoms with van der Waals surface area (Å²) in [6.45, 7) is 0. The molecule has 0 unspecified atom stereocenters. The van der Waals surface area contributed by atoms with Crippen molar-refractivity contribution < 1.29 is 9.59 Å². The van der Waals surface area contributed by atoms with Crippen LogP contribution in [-0.4, -0.2) is 21.9 Å². The number of nitrogens with zero attached hydrogens (tertiary/aromatic N) is 2. The first-order chi connectivity index (χ1) is 14.0. The number of aromatic nitrogens is 1. The average molecular weight is 420 g/mol. The van der Waals surface area contributed by atoms with E-state index in [1.807, 2.05) is 36.4 Å². The van der Waals surface area contributed by atoms with Gasteiger partial charge in [0.1, 0.15) is 5.57 Å². The Labute approximate surface area is 177 Å². The molecule has 2 amide bonds. The molecule has 142 valence electrons. The summed E-state index contributed by atoms with van der Waals surface area (Å²) in [5.41, 5.74) is 3.23. The van der Waals surface area contributed by atoms with E-state index in [9.17, 15) is 9.59 Å². The lowest BCUT2D eigenvalue weighted by Gasteiger charge is -2.28. The van der Waals surface area contributed by atoms with Crippen LogP contribution >= 0.6 is 23.8 Å². The third kappa shape index (κ3) is 3.94. The molecule has 1 N–H and O–H groups in total. The first-order valence-corrected chi connectivity index (χ1v) is 9.49. The van der Waals surface area contributed by atoms with Crippen molar-refractivity contribution in [3.63, 3.8) is 0 Å². The second-order valence-corrected chi connectivity index (χ2v) is 7.12. The number of hydrogen-bond donors (Lipinski definition) is 1. The molecule has 0 bridgehead atoms. The summed E-state index contributed by atoms with van der Waals surface area (Å²) in [6.07, 6.45) is 5.04. The van der Waals surface area contributed by atoms with Gasteiger partial charge in [-0.2, -0.15) is 0 Å². The summed E-state index contributed by atoms with van der Waals surface area (Å²) in [4.78, 5) is 30.8. The molecule has 0 atom stereocenters. The molecule has 2 heterocycles. The molecule has 0 aliphatic carbocycles. The number of nitrogens with one attached hydrogen (secondary N) is 1. The van der Waals surface area contributed by atoms with Crippen LogP contribution < -0.4 is 10.2 Å². The Morgan fingerprint density at radius 2 is 1.69 bits per heavy atom. The molecular weight excluding hydrogens is 406 g/mol. The van der Waals surface area contributed by atoms with Gasteiger partial charge in [0.05, 0.1) is 5.69 Å². The first kappa shape index (κ1) is 19.0. The zero-order valence-electron chi connectivity index (χ0n) is 15.0. The van der Waals surface area contributed by atoms with Gasteiger partial charge in [-0.05, 0) is 65.3 Å². The monoisotopic (exact) mass is 419 g/mol. The maximum absolute atomic E-state index is 13.0. The number of carbonyl (C=O) groups is 2. The molecule has 1 aliphatic heterocycles. The minimum atomic E-state index is -0.526. The molecule has 0 saturated carbocycles. The van der Waals surface area contributed by atoms with E-state index in [4.69, 9.17) is 23.8 Å². The molecule has 5 nitrogen and oxygen atoms in total. The predicted octanol–water partition coefficient (Wildman–Crippen LogP) is 4.23. The number of hydrogen-bond acceptors (Lipinski definition) is 4. The fourth-order valence-corrected chi connectivity index (χ4v) is 3.36. The Bertz CT molecular complexity index is 1130. The summed E-state index contributed by atoms with van der Waals surface area (Å²) < 4.78 is 0. The molecule has 2 aromatic carbocycles. The van der Waals surface area contributed by atoms with Crippen LogP contribution in [0.15, 0.2) is 78.6 Å². The van der Waals surface area contributed by atoms with Crippen LogP contribution in [-0.2, 0) is 9.59 Å². The molecule has 4 rings (SSSR count). The number of rotatable bonds is 3. The standard InChI is InChI=1S/C22H14ClN3O2S/c23-17-7-9-18(10-8-17)26-21(28)19(20(27)25-22(26)29)12-14-3-5-15(6-4-14)16-2-1-11-24-13-16/h1-13H,(H,25,27,29)/b19-12-. The molecular formula is C22H14ClN3O2S. The fraction of sp³-hybridized carbons (Fsp3) is 0. The molecule has 29 heavy (non-hydrogen) atoms. The van der Waals surface area contributed by atoms with E-state index in [1.54, 1.807) is 42.7 Å². The summed E-state index contributed by atoms with van der Waals surface area (Å²) in [5, 5.41) is 3.14. The molecule has 7 heteroatoms. The van der Waals surface area contributed by atoms with E-state index >= 15 is 0 Å². The van der Waals surface area contributed by atoms with Crippen molar-refractivity contribution in [3.8, 4) is 11.1 Å². The Morgan fingerprint density at radius 3 is 2.34 bits per heavy atom. The van der Waals surface area contributed by atoms with Gasteiger partial charge in [-0.15, -0.1) is 0 Å². The highest BCUT2D eigenvalue weighted by Crippen LogP contribution is 2.24. The van der Waals surface area contributed by atoms with Gasteiger partial charge < -0.3 is 0 Å². The molecule has 1 aromatic heterocycles. The zero-order valence-corrected chi connectivity index (χ0v) is 16.6. The van der Waals surface area contributed by atoms with E-state index in [2.05, 4.69) is 10.3 Å². The van der Waals surface area contributed by atoms with E-state index in [-0.39, 0.29) is 10.7 Å². The SMILES string of the molecule is O=C1NC(=S)N(c2ccc(Cl)cc2)C(=O)/C1=C\c1ccc(-c2cccnc2)cc1. The van der Waals surface area contributed by atoms with E-state index < -0.39 is 11.8 Å². The fourth-order valence-electron chi connectivity index (χ4n) is 2.95. The number of carbonyl (C=O) groups excluding carboxylic acids is 2. The van der Waals surface area contributed by atoms with Crippen molar-refractivity contribution in [2.45, 2.75) is 0 Å². The molecule has 1 fully saturated rings. The summed E-state index contributed by atoms with van der Waals surface area (Å²) in [5.74, 6) is -1.01. The van der Waals surface area contributed by atoms with Crippen molar-refractivity contribution in [2.75, 3.05) is 4.90 Å².